The molecule has 104 valence electrons. The third-order valence-electron chi connectivity index (χ3n) is 3.37. The van der Waals surface area contributed by atoms with Crippen molar-refractivity contribution in [3.63, 3.8) is 0 Å². The molecule has 2 atom stereocenters. The highest BCUT2D eigenvalue weighted by molar-refractivity contribution is 7.89. The number of sulfonamides is 1. The summed E-state index contributed by atoms with van der Waals surface area (Å²) in [7, 11) is -4.02. The lowest BCUT2D eigenvalue weighted by Crippen LogP contribution is -2.37. The van der Waals surface area contributed by atoms with E-state index in [1.54, 1.807) is 6.07 Å². The number of hydrogen-bond donors (Lipinski definition) is 1. The van der Waals surface area contributed by atoms with Gasteiger partial charge in [-0.2, -0.15) is 10.5 Å². The van der Waals surface area contributed by atoms with E-state index in [0.717, 1.165) is 12.5 Å². The van der Waals surface area contributed by atoms with Crippen LogP contribution >= 0.6 is 0 Å². The van der Waals surface area contributed by atoms with Crippen LogP contribution in [0.5, 0.6) is 0 Å². The van der Waals surface area contributed by atoms with Gasteiger partial charge in [0.25, 0.3) is 0 Å². The average molecular weight is 293 g/mol. The van der Waals surface area contributed by atoms with Crippen LogP contribution in [0.1, 0.15) is 24.8 Å². The van der Waals surface area contributed by atoms with E-state index in [-0.39, 0.29) is 10.8 Å². The average Bonchev–Trinajstić information content (AvgIpc) is 2.84. The van der Waals surface area contributed by atoms with Gasteiger partial charge in [0.05, 0.1) is 12.0 Å². The van der Waals surface area contributed by atoms with Gasteiger partial charge < -0.3 is 0 Å². The van der Waals surface area contributed by atoms with Gasteiger partial charge in [0, 0.05) is 6.04 Å². The Hall–Kier alpha value is -1.96. The predicted molar refractivity (Wildman–Crippen MR) is 68.2 cm³/mol. The number of benzene rings is 1. The van der Waals surface area contributed by atoms with Gasteiger partial charge in [0.15, 0.2) is 0 Å². The summed E-state index contributed by atoms with van der Waals surface area (Å²) in [5.74, 6) is -1.26. The summed E-state index contributed by atoms with van der Waals surface area (Å²) < 4.78 is 40.4. The Morgan fingerprint density at radius 1 is 1.30 bits per heavy atom. The molecule has 5 nitrogen and oxygen atoms in total. The molecule has 7 heteroatoms. The second kappa shape index (κ2) is 5.58. The van der Waals surface area contributed by atoms with Gasteiger partial charge in [-0.15, -0.1) is 0 Å². The van der Waals surface area contributed by atoms with E-state index in [0.29, 0.717) is 12.8 Å². The molecule has 1 aromatic rings. The fourth-order valence-corrected chi connectivity index (χ4v) is 3.83. The zero-order chi connectivity index (χ0) is 14.8. The monoisotopic (exact) mass is 293 g/mol. The van der Waals surface area contributed by atoms with Crippen molar-refractivity contribution in [2.45, 2.75) is 30.2 Å². The molecule has 0 bridgehead atoms. The number of rotatable bonds is 3. The maximum atomic E-state index is 13.5. The lowest BCUT2D eigenvalue weighted by atomic mass is 10.1. The molecule has 0 aliphatic heterocycles. The fraction of sp³-hybridized carbons (Fsp3) is 0.385. The molecule has 0 spiro atoms. The molecule has 0 saturated heterocycles. The zero-order valence-corrected chi connectivity index (χ0v) is 11.3. The summed E-state index contributed by atoms with van der Waals surface area (Å²) in [6.45, 7) is 0. The maximum Gasteiger partial charge on any atom is 0.242 e. The van der Waals surface area contributed by atoms with Crippen LogP contribution in [0.3, 0.4) is 0 Å². The Kier molecular flexibility index (Phi) is 4.03. The van der Waals surface area contributed by atoms with Crippen LogP contribution in [0.2, 0.25) is 0 Å². The third kappa shape index (κ3) is 2.64. The fourth-order valence-electron chi connectivity index (χ4n) is 2.36. The van der Waals surface area contributed by atoms with Gasteiger partial charge in [0.2, 0.25) is 10.0 Å². The Labute approximate surface area is 116 Å². The molecule has 0 radical (unpaired) electrons. The highest BCUT2D eigenvalue weighted by Crippen LogP contribution is 2.27. The molecule has 1 aliphatic rings. The van der Waals surface area contributed by atoms with Gasteiger partial charge >= 0.3 is 0 Å². The van der Waals surface area contributed by atoms with Crippen LogP contribution < -0.4 is 4.72 Å². The van der Waals surface area contributed by atoms with E-state index in [9.17, 15) is 12.8 Å². The van der Waals surface area contributed by atoms with Gasteiger partial charge in [-0.3, -0.25) is 0 Å². The van der Waals surface area contributed by atoms with Crippen LogP contribution in [0.25, 0.3) is 0 Å². The summed E-state index contributed by atoms with van der Waals surface area (Å²) in [5, 5.41) is 17.8. The van der Waals surface area contributed by atoms with Crippen LogP contribution in [-0.2, 0) is 10.0 Å². The number of hydrogen-bond acceptors (Lipinski definition) is 4. The molecule has 20 heavy (non-hydrogen) atoms. The first-order chi connectivity index (χ1) is 9.49. The second-order valence-electron chi connectivity index (χ2n) is 4.62. The van der Waals surface area contributed by atoms with E-state index < -0.39 is 27.4 Å². The zero-order valence-electron chi connectivity index (χ0n) is 10.5. The van der Waals surface area contributed by atoms with Crippen molar-refractivity contribution in [2.75, 3.05) is 0 Å². The van der Waals surface area contributed by atoms with Gasteiger partial charge in [-0.05, 0) is 25.0 Å². The third-order valence-corrected chi connectivity index (χ3v) is 4.90. The van der Waals surface area contributed by atoms with Crippen LogP contribution in [0, 0.1) is 34.4 Å². The summed E-state index contributed by atoms with van der Waals surface area (Å²) in [5.41, 5.74) is -0.508. The second-order valence-corrected chi connectivity index (χ2v) is 6.30. The number of halogens is 1. The van der Waals surface area contributed by atoms with Crippen LogP contribution in [0.15, 0.2) is 23.1 Å². The van der Waals surface area contributed by atoms with Crippen molar-refractivity contribution in [3.05, 3.63) is 29.6 Å². The molecule has 2 rings (SSSR count). The molecule has 2 unspecified atom stereocenters. The molecule has 0 heterocycles. The van der Waals surface area contributed by atoms with Crippen molar-refractivity contribution >= 4 is 10.0 Å². The first kappa shape index (κ1) is 14.4. The number of nitrogens with one attached hydrogen (secondary N) is 1. The summed E-state index contributed by atoms with van der Waals surface area (Å²) in [6, 6.07) is 6.59. The van der Waals surface area contributed by atoms with Crippen LogP contribution in [-0.4, -0.2) is 14.5 Å². The van der Waals surface area contributed by atoms with Gasteiger partial charge in [-0.25, -0.2) is 17.5 Å². The Bertz CT molecular complexity index is 703. The first-order valence-corrected chi connectivity index (χ1v) is 7.58. The minimum Gasteiger partial charge on any atom is -0.207 e. The van der Waals surface area contributed by atoms with Crippen molar-refractivity contribution in [2.24, 2.45) is 5.92 Å². The molecule has 1 aromatic carbocycles. The topological polar surface area (TPSA) is 93.8 Å². The summed E-state index contributed by atoms with van der Waals surface area (Å²) in [6.07, 6.45) is 1.96. The Morgan fingerprint density at radius 3 is 2.70 bits per heavy atom. The van der Waals surface area contributed by atoms with Gasteiger partial charge in [0.1, 0.15) is 22.3 Å². The molecule has 1 saturated carbocycles. The quantitative estimate of drug-likeness (QED) is 0.917. The minimum atomic E-state index is -4.02. The van der Waals surface area contributed by atoms with Crippen molar-refractivity contribution in [3.8, 4) is 12.1 Å². The maximum absolute atomic E-state index is 13.5. The molecule has 1 N–H and O–H groups in total. The predicted octanol–water partition coefficient (Wildman–Crippen LogP) is 1.67. The van der Waals surface area contributed by atoms with Crippen LogP contribution in [0.4, 0.5) is 4.39 Å². The van der Waals surface area contributed by atoms with Gasteiger partial charge in [-0.1, -0.05) is 12.5 Å². The molecular weight excluding hydrogens is 281 g/mol. The highest BCUT2D eigenvalue weighted by Gasteiger charge is 2.32. The molecule has 0 amide bonds. The highest BCUT2D eigenvalue weighted by atomic mass is 32.2. The number of nitrogens with zero attached hydrogens (tertiary/aromatic N) is 2. The van der Waals surface area contributed by atoms with E-state index in [2.05, 4.69) is 10.8 Å². The largest absolute Gasteiger partial charge is 0.242 e. The molecule has 0 aromatic heterocycles. The normalized spacial score (nSPS) is 22.1. The van der Waals surface area contributed by atoms with E-state index in [1.165, 1.54) is 12.1 Å². The SMILES string of the molecule is N#Cc1c(F)cccc1S(=O)(=O)NC1CCCC1C#N. The van der Waals surface area contributed by atoms with E-state index >= 15 is 0 Å². The lowest BCUT2D eigenvalue weighted by Gasteiger charge is -2.16. The van der Waals surface area contributed by atoms with Crippen molar-refractivity contribution < 1.29 is 12.8 Å². The van der Waals surface area contributed by atoms with Crippen molar-refractivity contribution in [1.29, 1.82) is 10.5 Å². The van der Waals surface area contributed by atoms with E-state index in [4.69, 9.17) is 10.5 Å². The summed E-state index contributed by atoms with van der Waals surface area (Å²) in [4.78, 5) is -0.386. The minimum absolute atomic E-state index is 0.385. The summed E-state index contributed by atoms with van der Waals surface area (Å²) >= 11 is 0. The molecule has 1 aliphatic carbocycles. The first-order valence-electron chi connectivity index (χ1n) is 6.10. The van der Waals surface area contributed by atoms with E-state index in [1.807, 2.05) is 0 Å². The Morgan fingerprint density at radius 2 is 2.05 bits per heavy atom. The van der Waals surface area contributed by atoms with Crippen molar-refractivity contribution in [1.82, 2.24) is 4.72 Å². The Balaban J connectivity index is 2.35. The standard InChI is InChI=1S/C13H12FN3O2S/c14-11-4-2-6-13(10(11)8-16)20(18,19)17-12-5-1-3-9(12)7-15/h2,4,6,9,12,17H,1,3,5H2. The lowest BCUT2D eigenvalue weighted by molar-refractivity contribution is 0.514. The molecule has 1 fully saturated rings. The molecular formula is C13H12FN3O2S. The number of nitriles is 2. The smallest absolute Gasteiger partial charge is 0.207 e.